The van der Waals surface area contributed by atoms with Crippen LogP contribution in [0.3, 0.4) is 0 Å². The SMILES string of the molecule is CCC(NC(=O)N(C)Cc1cc(Cl)cn1C)c1ncc(C)s1. The van der Waals surface area contributed by atoms with E-state index in [9.17, 15) is 4.79 Å². The van der Waals surface area contributed by atoms with Crippen molar-refractivity contribution < 1.29 is 4.79 Å². The molecule has 0 bridgehead atoms. The maximum Gasteiger partial charge on any atom is 0.318 e. The van der Waals surface area contributed by atoms with E-state index >= 15 is 0 Å². The molecule has 0 saturated carbocycles. The summed E-state index contributed by atoms with van der Waals surface area (Å²) < 4.78 is 1.92. The molecule has 120 valence electrons. The lowest BCUT2D eigenvalue weighted by Gasteiger charge is -2.22. The molecule has 1 unspecified atom stereocenters. The minimum absolute atomic E-state index is 0.0503. The molecule has 2 heterocycles. The molecule has 0 aliphatic heterocycles. The number of urea groups is 1. The van der Waals surface area contributed by atoms with Gasteiger partial charge in [-0.15, -0.1) is 11.3 Å². The second-order valence-electron chi connectivity index (χ2n) is 5.34. The predicted octanol–water partition coefficient (Wildman–Crippen LogP) is 3.74. The van der Waals surface area contributed by atoms with E-state index in [1.165, 1.54) is 0 Å². The molecule has 0 fully saturated rings. The summed E-state index contributed by atoms with van der Waals surface area (Å²) in [6, 6.07) is 1.70. The third-order valence-corrected chi connectivity index (χ3v) is 4.70. The summed E-state index contributed by atoms with van der Waals surface area (Å²) in [6.07, 6.45) is 4.48. The van der Waals surface area contributed by atoms with Crippen LogP contribution in [0.25, 0.3) is 0 Å². The molecule has 0 aromatic carbocycles. The molecule has 0 saturated heterocycles. The molecule has 0 aliphatic carbocycles. The minimum Gasteiger partial charge on any atom is -0.351 e. The number of aryl methyl sites for hydroxylation is 2. The third-order valence-electron chi connectivity index (χ3n) is 3.46. The molecule has 0 radical (unpaired) electrons. The molecule has 2 amide bonds. The van der Waals surface area contributed by atoms with Gasteiger partial charge in [-0.05, 0) is 19.4 Å². The van der Waals surface area contributed by atoms with Crippen molar-refractivity contribution >= 4 is 29.0 Å². The Hall–Kier alpha value is -1.53. The van der Waals surface area contributed by atoms with Crippen LogP contribution >= 0.6 is 22.9 Å². The summed E-state index contributed by atoms with van der Waals surface area (Å²) in [5.74, 6) is 0. The van der Waals surface area contributed by atoms with E-state index in [1.807, 2.05) is 43.9 Å². The minimum atomic E-state index is -0.114. The monoisotopic (exact) mass is 340 g/mol. The van der Waals surface area contributed by atoms with Crippen LogP contribution in [0.2, 0.25) is 5.02 Å². The fourth-order valence-corrected chi connectivity index (χ4v) is 3.35. The van der Waals surface area contributed by atoms with Crippen LogP contribution in [0.4, 0.5) is 4.79 Å². The number of nitrogens with zero attached hydrogens (tertiary/aromatic N) is 3. The Bertz CT molecular complexity index is 652. The van der Waals surface area contributed by atoms with Gasteiger partial charge in [-0.1, -0.05) is 18.5 Å². The highest BCUT2D eigenvalue weighted by Crippen LogP contribution is 2.22. The number of thiazole rings is 1. The summed E-state index contributed by atoms with van der Waals surface area (Å²) in [5, 5.41) is 4.66. The number of carbonyl (C=O) groups is 1. The Labute approximate surface area is 139 Å². The molecule has 5 nitrogen and oxygen atoms in total. The first-order chi connectivity index (χ1) is 10.4. The molecule has 7 heteroatoms. The zero-order valence-corrected chi connectivity index (χ0v) is 14.8. The first-order valence-electron chi connectivity index (χ1n) is 7.15. The van der Waals surface area contributed by atoms with Gasteiger partial charge in [0, 0.05) is 37.1 Å². The molecule has 2 aromatic heterocycles. The molecular weight excluding hydrogens is 320 g/mol. The van der Waals surface area contributed by atoms with Crippen LogP contribution in [-0.2, 0) is 13.6 Å². The molecular formula is C15H21ClN4OS. The van der Waals surface area contributed by atoms with Gasteiger partial charge in [-0.3, -0.25) is 0 Å². The Morgan fingerprint density at radius 1 is 1.59 bits per heavy atom. The summed E-state index contributed by atoms with van der Waals surface area (Å²) in [6.45, 7) is 4.56. The lowest BCUT2D eigenvalue weighted by molar-refractivity contribution is 0.201. The number of hydrogen-bond acceptors (Lipinski definition) is 3. The van der Waals surface area contributed by atoms with Crippen LogP contribution < -0.4 is 5.32 Å². The molecule has 0 spiro atoms. The van der Waals surface area contributed by atoms with Gasteiger partial charge in [0.1, 0.15) is 5.01 Å². The zero-order valence-electron chi connectivity index (χ0n) is 13.3. The topological polar surface area (TPSA) is 50.2 Å². The van der Waals surface area contributed by atoms with Crippen LogP contribution in [-0.4, -0.2) is 27.5 Å². The van der Waals surface area contributed by atoms with Gasteiger partial charge in [0.15, 0.2) is 0 Å². The van der Waals surface area contributed by atoms with Gasteiger partial charge in [-0.2, -0.15) is 0 Å². The van der Waals surface area contributed by atoms with E-state index in [4.69, 9.17) is 11.6 Å². The van der Waals surface area contributed by atoms with E-state index in [1.54, 1.807) is 23.3 Å². The van der Waals surface area contributed by atoms with E-state index in [2.05, 4.69) is 10.3 Å². The Morgan fingerprint density at radius 2 is 2.32 bits per heavy atom. The van der Waals surface area contributed by atoms with Crippen molar-refractivity contribution in [1.29, 1.82) is 0 Å². The second-order valence-corrected chi connectivity index (χ2v) is 7.04. The van der Waals surface area contributed by atoms with Gasteiger partial charge < -0.3 is 14.8 Å². The van der Waals surface area contributed by atoms with Crippen LogP contribution in [0.1, 0.15) is 35.0 Å². The normalized spacial score (nSPS) is 12.2. The molecule has 2 rings (SSSR count). The van der Waals surface area contributed by atoms with Crippen molar-refractivity contribution in [2.45, 2.75) is 32.9 Å². The fraction of sp³-hybridized carbons (Fsp3) is 0.467. The van der Waals surface area contributed by atoms with Crippen molar-refractivity contribution in [2.24, 2.45) is 7.05 Å². The molecule has 0 aliphatic rings. The van der Waals surface area contributed by atoms with Gasteiger partial charge in [0.25, 0.3) is 0 Å². The number of hydrogen-bond donors (Lipinski definition) is 1. The summed E-state index contributed by atoms with van der Waals surface area (Å²) in [7, 11) is 3.69. The Balaban J connectivity index is 1.99. The van der Waals surface area contributed by atoms with Crippen molar-refractivity contribution in [2.75, 3.05) is 7.05 Å². The zero-order chi connectivity index (χ0) is 16.3. The van der Waals surface area contributed by atoms with Crippen LogP contribution in [0, 0.1) is 6.92 Å². The van der Waals surface area contributed by atoms with Crippen molar-refractivity contribution in [3.8, 4) is 0 Å². The maximum absolute atomic E-state index is 12.4. The second kappa shape index (κ2) is 7.15. The maximum atomic E-state index is 12.4. The van der Waals surface area contributed by atoms with E-state index < -0.39 is 0 Å². The average molecular weight is 341 g/mol. The summed E-state index contributed by atoms with van der Waals surface area (Å²) in [5.41, 5.74) is 0.987. The van der Waals surface area contributed by atoms with Crippen molar-refractivity contribution in [3.05, 3.63) is 39.1 Å². The van der Waals surface area contributed by atoms with E-state index in [0.29, 0.717) is 11.6 Å². The standard InChI is InChI=1S/C15H21ClN4OS/c1-5-13(14-17-7-10(2)22-14)18-15(21)20(4)9-12-6-11(16)8-19(12)3/h6-8,13H,5,9H2,1-4H3,(H,18,21). The van der Waals surface area contributed by atoms with Gasteiger partial charge in [0.05, 0.1) is 17.6 Å². The highest BCUT2D eigenvalue weighted by molar-refractivity contribution is 7.11. The van der Waals surface area contributed by atoms with E-state index in [0.717, 1.165) is 22.0 Å². The number of halogens is 1. The van der Waals surface area contributed by atoms with Gasteiger partial charge >= 0.3 is 6.03 Å². The van der Waals surface area contributed by atoms with Gasteiger partial charge in [-0.25, -0.2) is 9.78 Å². The van der Waals surface area contributed by atoms with Crippen LogP contribution in [0.5, 0.6) is 0 Å². The largest absolute Gasteiger partial charge is 0.351 e. The fourth-order valence-electron chi connectivity index (χ4n) is 2.17. The first-order valence-corrected chi connectivity index (χ1v) is 8.34. The third kappa shape index (κ3) is 4.01. The Kier molecular flexibility index (Phi) is 5.47. The lowest BCUT2D eigenvalue weighted by Crippen LogP contribution is -2.39. The van der Waals surface area contributed by atoms with E-state index in [-0.39, 0.29) is 12.1 Å². The number of rotatable bonds is 5. The molecule has 1 N–H and O–H groups in total. The lowest BCUT2D eigenvalue weighted by atomic mass is 10.2. The molecule has 2 aromatic rings. The smallest absolute Gasteiger partial charge is 0.318 e. The number of amides is 2. The van der Waals surface area contributed by atoms with Crippen molar-refractivity contribution in [3.63, 3.8) is 0 Å². The first kappa shape index (κ1) is 16.8. The average Bonchev–Trinajstić information content (AvgIpc) is 3.02. The summed E-state index contributed by atoms with van der Waals surface area (Å²) >= 11 is 7.59. The highest BCUT2D eigenvalue weighted by Gasteiger charge is 2.19. The predicted molar refractivity (Wildman–Crippen MR) is 90.3 cm³/mol. The quantitative estimate of drug-likeness (QED) is 0.901. The highest BCUT2D eigenvalue weighted by atomic mass is 35.5. The summed E-state index contributed by atoms with van der Waals surface area (Å²) in [4.78, 5) is 19.5. The molecule has 22 heavy (non-hydrogen) atoms. The Morgan fingerprint density at radius 3 is 2.82 bits per heavy atom. The van der Waals surface area contributed by atoms with Crippen LogP contribution in [0.15, 0.2) is 18.5 Å². The number of aromatic nitrogens is 2. The van der Waals surface area contributed by atoms with Crippen molar-refractivity contribution in [1.82, 2.24) is 19.8 Å². The number of carbonyl (C=O) groups excluding carboxylic acids is 1. The number of nitrogens with one attached hydrogen (secondary N) is 1. The molecule has 1 atom stereocenters. The van der Waals surface area contributed by atoms with Gasteiger partial charge in [0.2, 0.25) is 0 Å².